The Labute approximate surface area is 85.7 Å². The molecule has 1 heterocycles. The first kappa shape index (κ1) is 10.2. The van der Waals surface area contributed by atoms with Crippen molar-refractivity contribution in [1.29, 1.82) is 0 Å². The number of hydrogen-bond acceptors (Lipinski definition) is 2. The maximum atomic E-state index is 11.3. The fraction of sp³-hybridized carbons (Fsp3) is 0.333. The maximum Gasteiger partial charge on any atom is 0.269 e. The van der Waals surface area contributed by atoms with Crippen LogP contribution in [0.5, 0.6) is 0 Å². The number of rotatable bonds is 2. The summed E-state index contributed by atoms with van der Waals surface area (Å²) >= 11 is 3.32. The Hall–Kier alpha value is -0.900. The summed E-state index contributed by atoms with van der Waals surface area (Å²) in [5, 5.41) is 2.69. The van der Waals surface area contributed by atoms with Gasteiger partial charge in [0, 0.05) is 11.0 Å². The first-order valence-corrected chi connectivity index (χ1v) is 4.85. The predicted molar refractivity (Wildman–Crippen MR) is 54.7 cm³/mol. The zero-order chi connectivity index (χ0) is 9.84. The van der Waals surface area contributed by atoms with Crippen molar-refractivity contribution < 1.29 is 4.79 Å². The fourth-order valence-electron chi connectivity index (χ4n) is 0.922. The summed E-state index contributed by atoms with van der Waals surface area (Å²) in [6.45, 7) is 4.35. The van der Waals surface area contributed by atoms with Crippen LogP contribution < -0.4 is 5.32 Å². The van der Waals surface area contributed by atoms with Gasteiger partial charge in [0.15, 0.2) is 0 Å². The van der Waals surface area contributed by atoms with E-state index in [4.69, 9.17) is 0 Å². The Balaban J connectivity index is 2.90. The number of hydrogen-bond donors (Lipinski definition) is 1. The molecule has 1 amide bonds. The highest BCUT2D eigenvalue weighted by atomic mass is 79.9. The minimum Gasteiger partial charge on any atom is -0.351 e. The van der Waals surface area contributed by atoms with Crippen LogP contribution >= 0.6 is 15.9 Å². The third-order valence-electron chi connectivity index (χ3n) is 1.59. The molecule has 0 fully saturated rings. The Bertz CT molecular complexity index is 325. The van der Waals surface area contributed by atoms with Crippen LogP contribution in [0.2, 0.25) is 0 Å². The minimum atomic E-state index is -0.127. The van der Waals surface area contributed by atoms with Crippen molar-refractivity contribution >= 4 is 21.8 Å². The van der Waals surface area contributed by atoms with Crippen LogP contribution in [-0.4, -0.2) is 17.4 Å². The van der Waals surface area contributed by atoms with Gasteiger partial charge in [-0.2, -0.15) is 0 Å². The third kappa shape index (κ3) is 2.52. The van der Waals surface area contributed by atoms with Crippen LogP contribution in [0, 0.1) is 6.92 Å². The van der Waals surface area contributed by atoms with Gasteiger partial charge in [-0.05, 0) is 41.9 Å². The van der Waals surface area contributed by atoms with Crippen molar-refractivity contribution in [3.8, 4) is 0 Å². The number of aryl methyl sites for hydroxylation is 1. The van der Waals surface area contributed by atoms with Gasteiger partial charge in [0.25, 0.3) is 5.91 Å². The molecule has 0 aromatic carbocycles. The largest absolute Gasteiger partial charge is 0.351 e. The lowest BCUT2D eigenvalue weighted by atomic mass is 10.3. The van der Waals surface area contributed by atoms with E-state index in [1.165, 1.54) is 0 Å². The molecule has 0 bridgehead atoms. The van der Waals surface area contributed by atoms with Crippen molar-refractivity contribution in [3.63, 3.8) is 0 Å². The first-order valence-electron chi connectivity index (χ1n) is 4.06. The predicted octanol–water partition coefficient (Wildman–Crippen LogP) is 1.90. The molecular weight excluding hydrogens is 232 g/mol. The molecule has 70 valence electrons. The quantitative estimate of drug-likeness (QED) is 0.861. The summed E-state index contributed by atoms with van der Waals surface area (Å²) in [5.41, 5.74) is 1.28. The molecule has 0 radical (unpaired) electrons. The number of nitrogens with zero attached hydrogens (tertiary/aromatic N) is 1. The maximum absolute atomic E-state index is 11.3. The Morgan fingerprint density at radius 1 is 1.62 bits per heavy atom. The van der Waals surface area contributed by atoms with Crippen molar-refractivity contribution in [2.45, 2.75) is 13.8 Å². The lowest BCUT2D eigenvalue weighted by Gasteiger charge is -2.02. The number of nitrogens with one attached hydrogen (secondary N) is 1. The molecule has 0 aliphatic carbocycles. The van der Waals surface area contributed by atoms with Gasteiger partial charge < -0.3 is 5.32 Å². The third-order valence-corrected chi connectivity index (χ3v) is 2.43. The van der Waals surface area contributed by atoms with E-state index in [1.807, 2.05) is 19.9 Å². The molecule has 4 heteroatoms. The molecule has 1 N–H and O–H groups in total. The van der Waals surface area contributed by atoms with E-state index in [-0.39, 0.29) is 5.91 Å². The van der Waals surface area contributed by atoms with Gasteiger partial charge in [0.2, 0.25) is 0 Å². The highest BCUT2D eigenvalue weighted by Crippen LogP contribution is 2.13. The molecule has 1 rings (SSSR count). The normalized spacial score (nSPS) is 9.77. The van der Waals surface area contributed by atoms with Gasteiger partial charge in [-0.25, -0.2) is 4.98 Å². The Morgan fingerprint density at radius 2 is 2.31 bits per heavy atom. The summed E-state index contributed by atoms with van der Waals surface area (Å²) in [5.74, 6) is -0.127. The van der Waals surface area contributed by atoms with Gasteiger partial charge in [-0.1, -0.05) is 0 Å². The molecule has 0 unspecified atom stereocenters. The van der Waals surface area contributed by atoms with Crippen LogP contribution in [0.3, 0.4) is 0 Å². The topological polar surface area (TPSA) is 42.0 Å². The average Bonchev–Trinajstić information content (AvgIpc) is 2.10. The number of carbonyl (C=O) groups excluding carboxylic acids is 1. The molecule has 0 aliphatic rings. The number of amides is 1. The van der Waals surface area contributed by atoms with E-state index < -0.39 is 0 Å². The second kappa shape index (κ2) is 4.37. The van der Waals surface area contributed by atoms with Crippen molar-refractivity contribution in [2.75, 3.05) is 6.54 Å². The molecule has 13 heavy (non-hydrogen) atoms. The van der Waals surface area contributed by atoms with E-state index in [0.717, 1.165) is 10.2 Å². The molecule has 0 saturated carbocycles. The fourth-order valence-corrected chi connectivity index (χ4v) is 1.14. The summed E-state index contributed by atoms with van der Waals surface area (Å²) in [6.07, 6.45) is 0. The Kier molecular flexibility index (Phi) is 3.42. The molecule has 1 aromatic rings. The van der Waals surface area contributed by atoms with Crippen LogP contribution in [0.1, 0.15) is 23.1 Å². The van der Waals surface area contributed by atoms with E-state index in [1.54, 1.807) is 6.07 Å². The summed E-state index contributed by atoms with van der Waals surface area (Å²) in [6, 6.07) is 3.52. The zero-order valence-corrected chi connectivity index (χ0v) is 9.18. The number of carbonyl (C=O) groups is 1. The Morgan fingerprint density at radius 3 is 2.85 bits per heavy atom. The molecular formula is C9H11BrN2O. The second-order valence-electron chi connectivity index (χ2n) is 2.62. The summed E-state index contributed by atoms with van der Waals surface area (Å²) < 4.78 is 0.917. The number of aromatic nitrogens is 1. The van der Waals surface area contributed by atoms with Crippen LogP contribution in [0.25, 0.3) is 0 Å². The van der Waals surface area contributed by atoms with Gasteiger partial charge in [-0.15, -0.1) is 0 Å². The summed E-state index contributed by atoms with van der Waals surface area (Å²) in [4.78, 5) is 15.5. The monoisotopic (exact) mass is 242 g/mol. The molecule has 0 spiro atoms. The van der Waals surface area contributed by atoms with Gasteiger partial charge in [0.05, 0.1) is 5.69 Å². The standard InChI is InChI=1S/C9H11BrN2O/c1-3-11-9(13)8-5-4-7(10)6(2)12-8/h4-5H,3H2,1-2H3,(H,11,13). The molecule has 0 saturated heterocycles. The van der Waals surface area contributed by atoms with E-state index in [9.17, 15) is 4.79 Å². The highest BCUT2D eigenvalue weighted by Gasteiger charge is 2.06. The van der Waals surface area contributed by atoms with Gasteiger partial charge in [-0.3, -0.25) is 4.79 Å². The second-order valence-corrected chi connectivity index (χ2v) is 3.48. The number of pyridine rings is 1. The first-order chi connectivity index (χ1) is 6.15. The highest BCUT2D eigenvalue weighted by molar-refractivity contribution is 9.10. The van der Waals surface area contributed by atoms with E-state index >= 15 is 0 Å². The van der Waals surface area contributed by atoms with Gasteiger partial charge in [0.1, 0.15) is 5.69 Å². The van der Waals surface area contributed by atoms with Crippen LogP contribution in [0.15, 0.2) is 16.6 Å². The molecule has 1 aromatic heterocycles. The van der Waals surface area contributed by atoms with Crippen LogP contribution in [0.4, 0.5) is 0 Å². The van der Waals surface area contributed by atoms with Gasteiger partial charge >= 0.3 is 0 Å². The van der Waals surface area contributed by atoms with Crippen LogP contribution in [-0.2, 0) is 0 Å². The molecule has 0 atom stereocenters. The van der Waals surface area contributed by atoms with E-state index in [2.05, 4.69) is 26.2 Å². The van der Waals surface area contributed by atoms with Crippen molar-refractivity contribution in [3.05, 3.63) is 28.0 Å². The average molecular weight is 243 g/mol. The minimum absolute atomic E-state index is 0.127. The smallest absolute Gasteiger partial charge is 0.269 e. The van der Waals surface area contributed by atoms with Crippen molar-refractivity contribution in [2.24, 2.45) is 0 Å². The van der Waals surface area contributed by atoms with Crippen molar-refractivity contribution in [1.82, 2.24) is 10.3 Å². The lowest BCUT2D eigenvalue weighted by Crippen LogP contribution is -2.23. The van der Waals surface area contributed by atoms with E-state index in [0.29, 0.717) is 12.2 Å². The number of halogens is 1. The molecule has 0 aliphatic heterocycles. The molecule has 3 nitrogen and oxygen atoms in total. The zero-order valence-electron chi connectivity index (χ0n) is 7.60. The lowest BCUT2D eigenvalue weighted by molar-refractivity contribution is 0.0950. The SMILES string of the molecule is CCNC(=O)c1ccc(Br)c(C)n1. The summed E-state index contributed by atoms with van der Waals surface area (Å²) in [7, 11) is 0.